The van der Waals surface area contributed by atoms with Gasteiger partial charge in [0.2, 0.25) is 0 Å². The molecule has 2 aromatic heterocycles. The van der Waals surface area contributed by atoms with Gasteiger partial charge in [-0.2, -0.15) is 0 Å². The van der Waals surface area contributed by atoms with E-state index in [1.54, 1.807) is 6.26 Å². The number of pyridine rings is 1. The van der Waals surface area contributed by atoms with Crippen LogP contribution >= 0.6 is 11.8 Å². The zero-order valence-electron chi connectivity index (χ0n) is 16.2. The number of aromatic nitrogens is 3. The second kappa shape index (κ2) is 8.32. The number of nitrogens with zero attached hydrogens (tertiary/aromatic N) is 3. The first-order chi connectivity index (χ1) is 15.2. The van der Waals surface area contributed by atoms with Gasteiger partial charge in [-0.05, 0) is 24.5 Å². The van der Waals surface area contributed by atoms with E-state index in [4.69, 9.17) is 0 Å². The van der Waals surface area contributed by atoms with Crippen molar-refractivity contribution < 1.29 is 27.1 Å². The number of aliphatic hydroxyl groups is 1. The Balaban J connectivity index is 2.22. The first-order valence-corrected chi connectivity index (χ1v) is 10.2. The van der Waals surface area contributed by atoms with Gasteiger partial charge in [0.25, 0.3) is 5.56 Å². The van der Waals surface area contributed by atoms with Gasteiger partial charge in [-0.3, -0.25) is 9.36 Å². The van der Waals surface area contributed by atoms with E-state index in [0.717, 1.165) is 30.0 Å². The maximum Gasteiger partial charge on any atom is 0.262 e. The molecule has 0 unspecified atom stereocenters. The van der Waals surface area contributed by atoms with E-state index in [-0.39, 0.29) is 33.0 Å². The predicted octanol–water partition coefficient (Wildman–Crippen LogP) is 4.36. The van der Waals surface area contributed by atoms with Crippen LogP contribution in [-0.4, -0.2) is 25.9 Å². The van der Waals surface area contributed by atoms with Crippen LogP contribution in [0, 0.1) is 29.1 Å². The minimum absolute atomic E-state index is 0.0176. The average Bonchev–Trinajstić information content (AvgIpc) is 2.73. The SMILES string of the molecule is CSc1nc(-c2ccc(F)cc2F)c2cc(CO)c(=O)n(-c3c(F)cc(F)cc3F)c2n1. The summed E-state index contributed by atoms with van der Waals surface area (Å²) in [5.41, 5.74) is -2.81. The maximum absolute atomic E-state index is 14.6. The molecule has 2 aromatic carbocycles. The van der Waals surface area contributed by atoms with Gasteiger partial charge in [-0.1, -0.05) is 11.8 Å². The molecule has 32 heavy (non-hydrogen) atoms. The summed E-state index contributed by atoms with van der Waals surface area (Å²) in [4.78, 5) is 21.3. The molecular formula is C21H12F5N3O2S. The zero-order valence-corrected chi connectivity index (χ0v) is 17.0. The fourth-order valence-electron chi connectivity index (χ4n) is 3.26. The second-order valence-corrected chi connectivity index (χ2v) is 7.38. The summed E-state index contributed by atoms with van der Waals surface area (Å²) in [7, 11) is 0. The number of rotatable bonds is 4. The summed E-state index contributed by atoms with van der Waals surface area (Å²) in [6, 6.07) is 4.68. The Morgan fingerprint density at radius 2 is 1.59 bits per heavy atom. The van der Waals surface area contributed by atoms with E-state index in [0.29, 0.717) is 22.8 Å². The van der Waals surface area contributed by atoms with Crippen molar-refractivity contribution in [2.45, 2.75) is 11.8 Å². The van der Waals surface area contributed by atoms with E-state index in [2.05, 4.69) is 9.97 Å². The molecule has 5 nitrogen and oxygen atoms in total. The molecule has 0 radical (unpaired) electrons. The van der Waals surface area contributed by atoms with Crippen molar-refractivity contribution in [1.29, 1.82) is 0 Å². The van der Waals surface area contributed by atoms with Crippen molar-refractivity contribution in [3.63, 3.8) is 0 Å². The molecule has 0 saturated carbocycles. The van der Waals surface area contributed by atoms with Crippen LogP contribution in [0.2, 0.25) is 0 Å². The van der Waals surface area contributed by atoms with Gasteiger partial charge in [0.05, 0.1) is 12.3 Å². The van der Waals surface area contributed by atoms with Crippen molar-refractivity contribution in [2.24, 2.45) is 0 Å². The van der Waals surface area contributed by atoms with Crippen LogP contribution in [0.1, 0.15) is 5.56 Å². The van der Waals surface area contributed by atoms with E-state index >= 15 is 0 Å². The van der Waals surface area contributed by atoms with Gasteiger partial charge < -0.3 is 5.11 Å². The number of hydrogen-bond donors (Lipinski definition) is 1. The van der Waals surface area contributed by atoms with E-state index in [1.165, 1.54) is 0 Å². The molecule has 0 atom stereocenters. The van der Waals surface area contributed by atoms with Crippen LogP contribution in [-0.2, 0) is 6.61 Å². The molecule has 1 N–H and O–H groups in total. The molecule has 164 valence electrons. The quantitative estimate of drug-likeness (QED) is 0.276. The van der Waals surface area contributed by atoms with Gasteiger partial charge in [-0.25, -0.2) is 31.9 Å². The molecule has 0 amide bonds. The van der Waals surface area contributed by atoms with Gasteiger partial charge in [-0.15, -0.1) is 0 Å². The van der Waals surface area contributed by atoms with Crippen LogP contribution in [0.15, 0.2) is 46.3 Å². The Morgan fingerprint density at radius 1 is 0.938 bits per heavy atom. The molecule has 4 aromatic rings. The average molecular weight is 465 g/mol. The van der Waals surface area contributed by atoms with Crippen molar-refractivity contribution in [3.8, 4) is 16.9 Å². The summed E-state index contributed by atoms with van der Waals surface area (Å²) in [6.07, 6.45) is 1.58. The topological polar surface area (TPSA) is 68.0 Å². The smallest absolute Gasteiger partial charge is 0.262 e. The Labute approximate surface area is 181 Å². The summed E-state index contributed by atoms with van der Waals surface area (Å²) in [6.45, 7) is -0.825. The lowest BCUT2D eigenvalue weighted by molar-refractivity contribution is 0.280. The Morgan fingerprint density at radius 3 is 2.19 bits per heavy atom. The molecule has 0 bridgehead atoms. The Kier molecular flexibility index (Phi) is 5.70. The minimum atomic E-state index is -1.39. The molecular weight excluding hydrogens is 453 g/mol. The van der Waals surface area contributed by atoms with E-state index in [9.17, 15) is 31.9 Å². The highest BCUT2D eigenvalue weighted by molar-refractivity contribution is 7.98. The number of halogens is 5. The third-order valence-electron chi connectivity index (χ3n) is 4.66. The molecule has 0 fully saturated rings. The fourth-order valence-corrected chi connectivity index (χ4v) is 3.62. The lowest BCUT2D eigenvalue weighted by Crippen LogP contribution is -2.26. The van der Waals surface area contributed by atoms with Gasteiger partial charge in [0.15, 0.2) is 22.4 Å². The molecule has 0 aliphatic heterocycles. The molecule has 2 heterocycles. The van der Waals surface area contributed by atoms with Crippen LogP contribution in [0.25, 0.3) is 28.0 Å². The van der Waals surface area contributed by atoms with Crippen LogP contribution < -0.4 is 5.56 Å². The predicted molar refractivity (Wildman–Crippen MR) is 108 cm³/mol. The molecule has 4 rings (SSSR count). The first kappa shape index (κ1) is 21.9. The van der Waals surface area contributed by atoms with Gasteiger partial charge >= 0.3 is 0 Å². The third kappa shape index (κ3) is 3.63. The molecule has 11 heteroatoms. The highest BCUT2D eigenvalue weighted by Crippen LogP contribution is 2.32. The highest BCUT2D eigenvalue weighted by Gasteiger charge is 2.23. The Hall–Kier alpha value is -3.31. The maximum atomic E-state index is 14.6. The first-order valence-electron chi connectivity index (χ1n) is 8.97. The number of benzene rings is 2. The summed E-state index contributed by atoms with van der Waals surface area (Å²) < 4.78 is 71.2. The number of hydrogen-bond acceptors (Lipinski definition) is 5. The normalized spacial score (nSPS) is 11.3. The summed E-state index contributed by atoms with van der Waals surface area (Å²) >= 11 is 1.00. The van der Waals surface area contributed by atoms with E-state index < -0.39 is 46.9 Å². The van der Waals surface area contributed by atoms with Crippen LogP contribution in [0.3, 0.4) is 0 Å². The lowest BCUT2D eigenvalue weighted by Gasteiger charge is -2.16. The fraction of sp³-hybridized carbons (Fsp3) is 0.0952. The second-order valence-electron chi connectivity index (χ2n) is 6.61. The van der Waals surface area contributed by atoms with Gasteiger partial charge in [0, 0.05) is 34.7 Å². The van der Waals surface area contributed by atoms with Crippen molar-refractivity contribution >= 4 is 22.8 Å². The third-order valence-corrected chi connectivity index (χ3v) is 5.21. The summed E-state index contributed by atoms with van der Waals surface area (Å²) in [5.74, 6) is -5.79. The van der Waals surface area contributed by atoms with Crippen molar-refractivity contribution in [3.05, 3.63) is 81.4 Å². The zero-order chi connectivity index (χ0) is 23.2. The summed E-state index contributed by atoms with van der Waals surface area (Å²) in [5, 5.41) is 9.63. The van der Waals surface area contributed by atoms with Crippen molar-refractivity contribution in [2.75, 3.05) is 6.26 Å². The number of fused-ring (bicyclic) bond motifs is 1. The number of thioether (sulfide) groups is 1. The van der Waals surface area contributed by atoms with Crippen molar-refractivity contribution in [1.82, 2.24) is 14.5 Å². The van der Waals surface area contributed by atoms with Crippen LogP contribution in [0.4, 0.5) is 22.0 Å². The Bertz CT molecular complexity index is 1420. The largest absolute Gasteiger partial charge is 0.391 e. The lowest BCUT2D eigenvalue weighted by atomic mass is 10.1. The molecule has 0 spiro atoms. The highest BCUT2D eigenvalue weighted by atomic mass is 32.2. The van der Waals surface area contributed by atoms with E-state index in [1.807, 2.05) is 0 Å². The standard InChI is InChI=1S/C21H12F5N3O2S/c1-32-21-27-17(12-3-2-10(22)5-14(12)24)13-4-9(8-30)20(31)29(19(13)28-21)18-15(25)6-11(23)7-16(18)26/h2-7,30H,8H2,1H3. The minimum Gasteiger partial charge on any atom is -0.391 e. The molecule has 0 aliphatic carbocycles. The monoisotopic (exact) mass is 465 g/mol. The molecule has 0 aliphatic rings. The van der Waals surface area contributed by atoms with Crippen LogP contribution in [0.5, 0.6) is 0 Å². The van der Waals surface area contributed by atoms with Gasteiger partial charge in [0.1, 0.15) is 23.1 Å². The number of aliphatic hydroxyl groups excluding tert-OH is 1. The molecule has 0 saturated heterocycles.